The molecule has 2 aromatic heterocycles. The molecule has 0 aliphatic rings. The number of halogens is 3. The first-order chi connectivity index (χ1) is 14.4. The predicted molar refractivity (Wildman–Crippen MR) is 102 cm³/mol. The van der Waals surface area contributed by atoms with Gasteiger partial charge in [-0.3, -0.25) is 9.89 Å². The quantitative estimate of drug-likeness (QED) is 0.521. The molecule has 30 heavy (non-hydrogen) atoms. The van der Waals surface area contributed by atoms with Crippen LogP contribution in [0.1, 0.15) is 28.0 Å². The number of carbonyl (C=O) groups is 1. The van der Waals surface area contributed by atoms with Gasteiger partial charge in [-0.05, 0) is 36.8 Å². The standard InChI is InChI=1S/C20H13F3N6O/c1-10-2-3-11(7-24)17(21)16(10)19(30)26-13-4-5-15-14(6-13)18(28-27-15)12-8-25-29(9-12)20(22)23/h2-6,8-9,20H,1H3,(H,26,30)(H,27,28). The Labute approximate surface area is 167 Å². The summed E-state index contributed by atoms with van der Waals surface area (Å²) in [5, 5.41) is 22.7. The Morgan fingerprint density at radius 1 is 1.30 bits per heavy atom. The fourth-order valence-electron chi connectivity index (χ4n) is 3.11. The van der Waals surface area contributed by atoms with E-state index in [0.717, 1.165) is 6.20 Å². The van der Waals surface area contributed by atoms with Crippen molar-refractivity contribution in [2.45, 2.75) is 13.5 Å². The van der Waals surface area contributed by atoms with E-state index >= 15 is 0 Å². The lowest BCUT2D eigenvalue weighted by Gasteiger charge is -2.10. The third kappa shape index (κ3) is 3.26. The normalized spacial score (nSPS) is 11.1. The molecule has 0 radical (unpaired) electrons. The first-order valence-corrected chi connectivity index (χ1v) is 8.70. The van der Waals surface area contributed by atoms with Crippen molar-refractivity contribution in [3.05, 3.63) is 65.2 Å². The van der Waals surface area contributed by atoms with Crippen molar-refractivity contribution >= 4 is 22.5 Å². The molecule has 0 saturated carbocycles. The number of nitrogens with zero attached hydrogens (tertiary/aromatic N) is 4. The van der Waals surface area contributed by atoms with E-state index in [9.17, 15) is 18.0 Å². The van der Waals surface area contributed by atoms with Gasteiger partial charge in [0.05, 0.1) is 22.8 Å². The summed E-state index contributed by atoms with van der Waals surface area (Å²) >= 11 is 0. The van der Waals surface area contributed by atoms with Crippen molar-refractivity contribution in [3.63, 3.8) is 0 Å². The van der Waals surface area contributed by atoms with E-state index in [-0.39, 0.29) is 11.1 Å². The fourth-order valence-corrected chi connectivity index (χ4v) is 3.11. The molecule has 7 nitrogen and oxygen atoms in total. The van der Waals surface area contributed by atoms with Crippen LogP contribution in [-0.4, -0.2) is 25.9 Å². The van der Waals surface area contributed by atoms with Crippen molar-refractivity contribution in [2.75, 3.05) is 5.32 Å². The van der Waals surface area contributed by atoms with Gasteiger partial charge in [0.15, 0.2) is 5.82 Å². The SMILES string of the molecule is Cc1ccc(C#N)c(F)c1C(=O)Nc1ccc2[nH]nc(-c3cnn(C(F)F)c3)c2c1. The van der Waals surface area contributed by atoms with Crippen molar-refractivity contribution in [3.8, 4) is 17.3 Å². The Morgan fingerprint density at radius 2 is 2.10 bits per heavy atom. The highest BCUT2D eigenvalue weighted by molar-refractivity contribution is 6.07. The van der Waals surface area contributed by atoms with Crippen molar-refractivity contribution in [1.82, 2.24) is 20.0 Å². The highest BCUT2D eigenvalue weighted by Crippen LogP contribution is 2.29. The number of fused-ring (bicyclic) bond motifs is 1. The lowest BCUT2D eigenvalue weighted by atomic mass is 10.0. The highest BCUT2D eigenvalue weighted by Gasteiger charge is 2.19. The third-order valence-electron chi connectivity index (χ3n) is 4.59. The number of nitriles is 1. The van der Waals surface area contributed by atoms with Crippen LogP contribution in [0.4, 0.5) is 18.9 Å². The van der Waals surface area contributed by atoms with Gasteiger partial charge >= 0.3 is 6.55 Å². The first kappa shape index (κ1) is 19.2. The van der Waals surface area contributed by atoms with Gasteiger partial charge in [-0.2, -0.15) is 24.2 Å². The zero-order valence-electron chi connectivity index (χ0n) is 15.4. The van der Waals surface area contributed by atoms with Crippen LogP contribution in [0.5, 0.6) is 0 Å². The summed E-state index contributed by atoms with van der Waals surface area (Å²) in [6, 6.07) is 9.34. The van der Waals surface area contributed by atoms with Gasteiger partial charge in [-0.25, -0.2) is 9.07 Å². The maximum Gasteiger partial charge on any atom is 0.333 e. The second-order valence-electron chi connectivity index (χ2n) is 6.50. The van der Waals surface area contributed by atoms with E-state index in [4.69, 9.17) is 5.26 Å². The second-order valence-corrected chi connectivity index (χ2v) is 6.50. The summed E-state index contributed by atoms with van der Waals surface area (Å²) in [6.07, 6.45) is 2.43. The Hall–Kier alpha value is -4.13. The molecule has 4 aromatic rings. The lowest BCUT2D eigenvalue weighted by Crippen LogP contribution is -2.16. The minimum absolute atomic E-state index is 0.222. The summed E-state index contributed by atoms with van der Waals surface area (Å²) in [6.45, 7) is -1.21. The number of hydrogen-bond donors (Lipinski definition) is 2. The van der Waals surface area contributed by atoms with E-state index in [1.54, 1.807) is 31.2 Å². The maximum absolute atomic E-state index is 14.5. The molecule has 2 aromatic carbocycles. The molecule has 10 heteroatoms. The van der Waals surface area contributed by atoms with Gasteiger partial charge in [0, 0.05) is 22.8 Å². The average Bonchev–Trinajstić information content (AvgIpc) is 3.35. The van der Waals surface area contributed by atoms with Crippen LogP contribution in [0.15, 0.2) is 42.7 Å². The van der Waals surface area contributed by atoms with E-state index in [1.807, 2.05) is 0 Å². The topological polar surface area (TPSA) is 99.4 Å². The molecular formula is C20H13F3N6O. The molecule has 0 fully saturated rings. The number of aromatic nitrogens is 4. The van der Waals surface area contributed by atoms with Crippen molar-refractivity contribution in [2.24, 2.45) is 0 Å². The predicted octanol–water partition coefficient (Wildman–Crippen LogP) is 4.39. The fraction of sp³-hybridized carbons (Fsp3) is 0.100. The first-order valence-electron chi connectivity index (χ1n) is 8.70. The number of benzene rings is 2. The van der Waals surface area contributed by atoms with Gasteiger partial charge in [-0.15, -0.1) is 0 Å². The summed E-state index contributed by atoms with van der Waals surface area (Å²) in [7, 11) is 0. The third-order valence-corrected chi connectivity index (χ3v) is 4.59. The van der Waals surface area contributed by atoms with Gasteiger partial charge in [0.2, 0.25) is 0 Å². The zero-order chi connectivity index (χ0) is 21.4. The number of carbonyl (C=O) groups excluding carboxylic acids is 1. The lowest BCUT2D eigenvalue weighted by molar-refractivity contribution is 0.0566. The van der Waals surface area contributed by atoms with Gasteiger partial charge in [0.1, 0.15) is 11.8 Å². The molecule has 0 atom stereocenters. The molecule has 0 saturated heterocycles. The van der Waals surface area contributed by atoms with Crippen molar-refractivity contribution in [1.29, 1.82) is 5.26 Å². The molecule has 0 spiro atoms. The number of rotatable bonds is 4. The highest BCUT2D eigenvalue weighted by atomic mass is 19.3. The monoisotopic (exact) mass is 410 g/mol. The molecule has 4 rings (SSSR count). The Balaban J connectivity index is 1.69. The average molecular weight is 410 g/mol. The number of amides is 1. The number of H-pyrrole nitrogens is 1. The van der Waals surface area contributed by atoms with Gasteiger partial charge in [-0.1, -0.05) is 6.07 Å². The van der Waals surface area contributed by atoms with Crippen LogP contribution in [0.3, 0.4) is 0 Å². The van der Waals surface area contributed by atoms with E-state index in [1.165, 1.54) is 18.3 Å². The summed E-state index contributed by atoms with van der Waals surface area (Å²) < 4.78 is 40.6. The molecule has 2 heterocycles. The van der Waals surface area contributed by atoms with Crippen LogP contribution in [0.25, 0.3) is 22.2 Å². The number of aryl methyl sites for hydroxylation is 1. The number of aromatic amines is 1. The van der Waals surface area contributed by atoms with E-state index in [0.29, 0.717) is 38.1 Å². The number of alkyl halides is 2. The van der Waals surface area contributed by atoms with E-state index < -0.39 is 18.3 Å². The zero-order valence-corrected chi connectivity index (χ0v) is 15.4. The molecule has 1 amide bonds. The minimum Gasteiger partial charge on any atom is -0.322 e. The van der Waals surface area contributed by atoms with Crippen LogP contribution >= 0.6 is 0 Å². The maximum atomic E-state index is 14.5. The van der Waals surface area contributed by atoms with Gasteiger partial charge < -0.3 is 5.32 Å². The smallest absolute Gasteiger partial charge is 0.322 e. The van der Waals surface area contributed by atoms with Gasteiger partial charge in [0.25, 0.3) is 5.91 Å². The molecular weight excluding hydrogens is 397 g/mol. The summed E-state index contributed by atoms with van der Waals surface area (Å²) in [4.78, 5) is 12.7. The molecule has 2 N–H and O–H groups in total. The molecule has 0 aliphatic heterocycles. The van der Waals surface area contributed by atoms with E-state index in [2.05, 4.69) is 20.6 Å². The largest absolute Gasteiger partial charge is 0.333 e. The van der Waals surface area contributed by atoms with Crippen LogP contribution < -0.4 is 5.32 Å². The molecule has 0 aliphatic carbocycles. The van der Waals surface area contributed by atoms with Crippen LogP contribution in [0, 0.1) is 24.1 Å². The molecule has 0 unspecified atom stereocenters. The summed E-state index contributed by atoms with van der Waals surface area (Å²) in [5.74, 6) is -1.60. The number of nitrogens with one attached hydrogen (secondary N) is 2. The van der Waals surface area contributed by atoms with Crippen molar-refractivity contribution < 1.29 is 18.0 Å². The van der Waals surface area contributed by atoms with Crippen LogP contribution in [0.2, 0.25) is 0 Å². The molecule has 0 bridgehead atoms. The minimum atomic E-state index is -2.78. The number of anilines is 1. The Morgan fingerprint density at radius 3 is 2.80 bits per heavy atom. The number of hydrogen-bond acceptors (Lipinski definition) is 4. The Bertz CT molecular complexity index is 1320. The Kier molecular flexibility index (Phi) is 4.71. The van der Waals surface area contributed by atoms with Crippen LogP contribution in [-0.2, 0) is 0 Å². The summed E-state index contributed by atoms with van der Waals surface area (Å²) in [5.41, 5.74) is 1.64. The molecule has 150 valence electrons. The second kappa shape index (κ2) is 7.36.